The van der Waals surface area contributed by atoms with Crippen molar-refractivity contribution in [3.63, 3.8) is 0 Å². The van der Waals surface area contributed by atoms with Crippen molar-refractivity contribution in [1.29, 1.82) is 0 Å². The van der Waals surface area contributed by atoms with Gasteiger partial charge in [0, 0.05) is 19.2 Å². The average Bonchev–Trinajstić information content (AvgIpc) is 2.57. The first-order valence-corrected chi connectivity index (χ1v) is 8.48. The second-order valence-corrected chi connectivity index (χ2v) is 6.47. The highest BCUT2D eigenvalue weighted by molar-refractivity contribution is 6.34. The molecule has 1 aliphatic heterocycles. The van der Waals surface area contributed by atoms with Gasteiger partial charge in [-0.3, -0.25) is 4.79 Å². The number of likely N-dealkylation sites (tertiary alicyclic amines) is 1. The Kier molecular flexibility index (Phi) is 7.20. The van der Waals surface area contributed by atoms with Crippen molar-refractivity contribution < 1.29 is 27.8 Å². The molecule has 3 rings (SSSR count). The van der Waals surface area contributed by atoms with Crippen LogP contribution < -0.4 is 22.5 Å². The number of hydrogen-bond donors (Lipinski definition) is 1. The maximum Gasteiger partial charge on any atom is 1.00 e. The highest BCUT2D eigenvalue weighted by Crippen LogP contribution is 2.21. The first-order chi connectivity index (χ1) is 12.0. The molecule has 0 bridgehead atoms. The van der Waals surface area contributed by atoms with Crippen LogP contribution in [0.15, 0.2) is 36.4 Å². The largest absolute Gasteiger partial charge is 1.00 e. The number of ether oxygens (including phenoxy) is 1. The Labute approximate surface area is 164 Å². The molecular weight excluding hydrogens is 380 g/mol. The van der Waals surface area contributed by atoms with E-state index in [2.05, 4.69) is 22.2 Å². The zero-order chi connectivity index (χ0) is 17.8. The van der Waals surface area contributed by atoms with Crippen LogP contribution in [0.4, 0.5) is 10.2 Å². The normalized spacial score (nSPS) is 15.2. The van der Waals surface area contributed by atoms with Crippen LogP contribution in [-0.2, 0) is 0 Å². The number of nitrogens with one attached hydrogen (secondary N) is 1. The molecule has 8 heteroatoms. The number of nitrogens with zero attached hydrogens (tertiary/aromatic N) is 2. The minimum atomic E-state index is -0.492. The molecule has 26 heavy (non-hydrogen) atoms. The fourth-order valence-electron chi connectivity index (χ4n) is 2.68. The van der Waals surface area contributed by atoms with Gasteiger partial charge in [-0.1, -0.05) is 17.7 Å². The van der Waals surface area contributed by atoms with E-state index in [1.54, 1.807) is 18.2 Å². The third-order valence-corrected chi connectivity index (χ3v) is 4.41. The number of piperidine rings is 1. The zero-order valence-electron chi connectivity index (χ0n) is 15.2. The lowest BCUT2D eigenvalue weighted by atomic mass is 10.1. The van der Waals surface area contributed by atoms with Gasteiger partial charge in [0.2, 0.25) is 5.88 Å². The van der Waals surface area contributed by atoms with E-state index in [1.165, 1.54) is 12.1 Å². The van der Waals surface area contributed by atoms with Crippen molar-refractivity contribution in [2.75, 3.05) is 25.5 Å². The number of carbonyl (C=O) groups excluding carboxylic acids is 1. The van der Waals surface area contributed by atoms with Gasteiger partial charge in [0.1, 0.15) is 17.7 Å². The number of halogens is 3. The number of amides is 1. The van der Waals surface area contributed by atoms with Crippen LogP contribution in [0.2, 0.25) is 5.02 Å². The van der Waals surface area contributed by atoms with E-state index in [0.717, 1.165) is 32.0 Å². The number of pyridine rings is 1. The molecule has 1 N–H and O–H groups in total. The lowest BCUT2D eigenvalue weighted by Crippen LogP contribution is -3.00. The molecule has 0 spiro atoms. The summed E-state index contributed by atoms with van der Waals surface area (Å²) >= 11 is 5.91. The molecule has 0 atom stereocenters. The fraction of sp³-hybridized carbons (Fsp3) is 0.333. The molecule has 1 amide bonds. The minimum absolute atomic E-state index is 0. The summed E-state index contributed by atoms with van der Waals surface area (Å²) in [5.74, 6) is -0.115. The summed E-state index contributed by atoms with van der Waals surface area (Å²) in [6.07, 6.45) is 2.01. The van der Waals surface area contributed by atoms with Gasteiger partial charge < -0.3 is 27.4 Å². The first kappa shape index (κ1) is 20.4. The summed E-state index contributed by atoms with van der Waals surface area (Å²) in [7, 11) is 2.09. The van der Waals surface area contributed by atoms with E-state index in [-0.39, 0.29) is 30.5 Å². The Morgan fingerprint density at radius 2 is 2.08 bits per heavy atom. The summed E-state index contributed by atoms with van der Waals surface area (Å²) in [4.78, 5) is 18.9. The lowest BCUT2D eigenvalue weighted by molar-refractivity contribution is -0.0000150. The van der Waals surface area contributed by atoms with Crippen molar-refractivity contribution in [3.05, 3.63) is 52.8 Å². The van der Waals surface area contributed by atoms with Crippen LogP contribution in [0.25, 0.3) is 0 Å². The van der Waals surface area contributed by atoms with E-state index in [4.69, 9.17) is 16.3 Å². The van der Waals surface area contributed by atoms with Crippen LogP contribution in [0.5, 0.6) is 5.88 Å². The Hall–Kier alpha value is -1.89. The molecule has 1 aliphatic rings. The zero-order valence-corrected chi connectivity index (χ0v) is 15.7. The van der Waals surface area contributed by atoms with E-state index in [9.17, 15) is 9.18 Å². The molecule has 140 valence electrons. The van der Waals surface area contributed by atoms with Crippen molar-refractivity contribution in [1.82, 2.24) is 9.88 Å². The summed E-state index contributed by atoms with van der Waals surface area (Å²) in [6, 6.07) is 8.82. The van der Waals surface area contributed by atoms with Crippen molar-refractivity contribution in [2.24, 2.45) is 0 Å². The number of anilines is 1. The SMILES string of the molecule is CN1CCC(Oc2cccc(NC(=O)c3ccc(F)cc3Cl)n2)CC1.[Cl-].[H+]. The van der Waals surface area contributed by atoms with Crippen LogP contribution >= 0.6 is 11.6 Å². The van der Waals surface area contributed by atoms with Crippen LogP contribution in [0.3, 0.4) is 0 Å². The van der Waals surface area contributed by atoms with Gasteiger partial charge in [0.05, 0.1) is 10.6 Å². The maximum atomic E-state index is 13.1. The van der Waals surface area contributed by atoms with E-state index in [0.29, 0.717) is 11.7 Å². The van der Waals surface area contributed by atoms with Gasteiger partial charge in [-0.15, -0.1) is 0 Å². The van der Waals surface area contributed by atoms with Crippen LogP contribution in [-0.4, -0.2) is 42.0 Å². The molecule has 0 unspecified atom stereocenters. The Morgan fingerprint density at radius 3 is 2.77 bits per heavy atom. The topological polar surface area (TPSA) is 54.5 Å². The van der Waals surface area contributed by atoms with E-state index < -0.39 is 11.7 Å². The predicted molar refractivity (Wildman–Crippen MR) is 95.9 cm³/mol. The van der Waals surface area contributed by atoms with Crippen molar-refractivity contribution in [3.8, 4) is 5.88 Å². The van der Waals surface area contributed by atoms with Gasteiger partial charge in [0.15, 0.2) is 0 Å². The van der Waals surface area contributed by atoms with Gasteiger partial charge in [-0.2, -0.15) is 4.98 Å². The molecule has 0 aliphatic carbocycles. The molecular formula is C18H20Cl2FN3O2. The second-order valence-electron chi connectivity index (χ2n) is 6.06. The maximum absolute atomic E-state index is 13.1. The average molecular weight is 400 g/mol. The standard InChI is InChI=1S/C18H19ClFN3O2.ClH/c1-23-9-7-13(8-10-23)25-17-4-2-3-16(21-17)22-18(24)14-6-5-12(20)11-15(14)19;/h2-6,11,13H,7-10H2,1H3,(H,21,22,24);1H. The van der Waals surface area contributed by atoms with Crippen LogP contribution in [0, 0.1) is 5.82 Å². The predicted octanol–water partition coefficient (Wildman–Crippen LogP) is 0.716. The van der Waals surface area contributed by atoms with E-state index in [1.807, 2.05) is 0 Å². The molecule has 0 radical (unpaired) electrons. The molecule has 1 aromatic carbocycles. The second kappa shape index (κ2) is 9.16. The third-order valence-electron chi connectivity index (χ3n) is 4.09. The van der Waals surface area contributed by atoms with E-state index >= 15 is 0 Å². The monoisotopic (exact) mass is 399 g/mol. The molecule has 1 aromatic heterocycles. The molecule has 1 fully saturated rings. The summed E-state index contributed by atoms with van der Waals surface area (Å²) in [5.41, 5.74) is 0.187. The summed E-state index contributed by atoms with van der Waals surface area (Å²) in [5, 5.41) is 2.71. The molecule has 5 nitrogen and oxygen atoms in total. The highest BCUT2D eigenvalue weighted by Gasteiger charge is 2.19. The Bertz CT molecular complexity index is 774. The number of rotatable bonds is 4. The lowest BCUT2D eigenvalue weighted by Gasteiger charge is -2.28. The fourth-order valence-corrected chi connectivity index (χ4v) is 2.93. The molecule has 0 saturated carbocycles. The minimum Gasteiger partial charge on any atom is -1.00 e. The van der Waals surface area contributed by atoms with Crippen molar-refractivity contribution in [2.45, 2.75) is 18.9 Å². The van der Waals surface area contributed by atoms with Gasteiger partial charge in [-0.05, 0) is 44.2 Å². The summed E-state index contributed by atoms with van der Waals surface area (Å²) < 4.78 is 19.0. The Morgan fingerprint density at radius 1 is 1.35 bits per heavy atom. The van der Waals surface area contributed by atoms with Gasteiger partial charge >= 0.3 is 1.43 Å². The summed E-state index contributed by atoms with van der Waals surface area (Å²) in [6.45, 7) is 1.98. The number of aromatic nitrogens is 1. The quantitative estimate of drug-likeness (QED) is 0.822. The smallest absolute Gasteiger partial charge is 1.00 e. The van der Waals surface area contributed by atoms with Crippen LogP contribution in [0.1, 0.15) is 24.6 Å². The number of benzene rings is 1. The van der Waals surface area contributed by atoms with Gasteiger partial charge in [-0.25, -0.2) is 4.39 Å². The molecule has 1 saturated heterocycles. The number of carbonyl (C=O) groups is 1. The first-order valence-electron chi connectivity index (χ1n) is 8.10. The highest BCUT2D eigenvalue weighted by atomic mass is 35.5. The number of hydrogen-bond acceptors (Lipinski definition) is 4. The van der Waals surface area contributed by atoms with Crippen molar-refractivity contribution >= 4 is 23.3 Å². The molecule has 2 heterocycles. The Balaban J connectivity index is 0.00000182. The third kappa shape index (κ3) is 5.30. The van der Waals surface area contributed by atoms with Gasteiger partial charge in [0.25, 0.3) is 5.91 Å². The molecule has 2 aromatic rings.